The van der Waals surface area contributed by atoms with E-state index in [-0.39, 0.29) is 17.9 Å². The summed E-state index contributed by atoms with van der Waals surface area (Å²) in [5, 5.41) is 0. The van der Waals surface area contributed by atoms with Crippen LogP contribution in [0.1, 0.15) is 57.6 Å². The van der Waals surface area contributed by atoms with Crippen LogP contribution in [0.15, 0.2) is 24.3 Å². The molecule has 0 saturated heterocycles. The van der Waals surface area contributed by atoms with Crippen LogP contribution in [0.25, 0.3) is 0 Å². The van der Waals surface area contributed by atoms with Crippen molar-refractivity contribution in [3.8, 4) is 0 Å². The molecule has 1 aromatic carbocycles. The minimum atomic E-state index is -0.137. The first-order valence-electron chi connectivity index (χ1n) is 8.28. The fraction of sp³-hybridized carbons (Fsp3) is 0.667. The lowest BCUT2D eigenvalue weighted by molar-refractivity contribution is 0.0806. The van der Waals surface area contributed by atoms with Crippen molar-refractivity contribution >= 4 is 0 Å². The second-order valence-corrected chi connectivity index (χ2v) is 6.53. The van der Waals surface area contributed by atoms with Crippen LogP contribution < -0.4 is 5.73 Å². The lowest BCUT2D eigenvalue weighted by Gasteiger charge is -2.43. The zero-order valence-electron chi connectivity index (χ0n) is 13.6. The third kappa shape index (κ3) is 3.64. The highest BCUT2D eigenvalue weighted by molar-refractivity contribution is 5.23. The number of rotatable bonds is 5. The maximum atomic E-state index is 14.3. The minimum absolute atomic E-state index is 0.0400. The molecule has 1 aliphatic carbocycles. The number of nitrogens with two attached hydrogens (primary N) is 1. The van der Waals surface area contributed by atoms with Gasteiger partial charge in [-0.25, -0.2) is 4.39 Å². The van der Waals surface area contributed by atoms with Crippen LogP contribution in [0.3, 0.4) is 0 Å². The molecule has 2 rings (SSSR count). The van der Waals surface area contributed by atoms with E-state index in [2.05, 4.69) is 25.8 Å². The number of hydrogen-bond donors (Lipinski definition) is 1. The van der Waals surface area contributed by atoms with Crippen molar-refractivity contribution in [1.82, 2.24) is 4.90 Å². The summed E-state index contributed by atoms with van der Waals surface area (Å²) in [5.41, 5.74) is 7.11. The van der Waals surface area contributed by atoms with E-state index in [1.807, 2.05) is 12.1 Å². The summed E-state index contributed by atoms with van der Waals surface area (Å²) in [7, 11) is 2.12. The molecule has 4 atom stereocenters. The second-order valence-electron chi connectivity index (χ2n) is 6.53. The number of halogens is 1. The van der Waals surface area contributed by atoms with Gasteiger partial charge in [0.25, 0.3) is 0 Å². The van der Waals surface area contributed by atoms with Crippen LogP contribution in [-0.4, -0.2) is 24.0 Å². The van der Waals surface area contributed by atoms with Gasteiger partial charge in [0.15, 0.2) is 0 Å². The molecule has 0 radical (unpaired) electrons. The van der Waals surface area contributed by atoms with Crippen LogP contribution in [-0.2, 0) is 0 Å². The summed E-state index contributed by atoms with van der Waals surface area (Å²) < 4.78 is 14.3. The van der Waals surface area contributed by atoms with Crippen LogP contribution in [0.2, 0.25) is 0 Å². The summed E-state index contributed by atoms with van der Waals surface area (Å²) >= 11 is 0. The van der Waals surface area contributed by atoms with E-state index in [4.69, 9.17) is 5.73 Å². The summed E-state index contributed by atoms with van der Waals surface area (Å²) in [6.07, 6.45) is 5.89. The fourth-order valence-electron chi connectivity index (χ4n) is 3.80. The Labute approximate surface area is 128 Å². The maximum absolute atomic E-state index is 14.3. The van der Waals surface area contributed by atoms with Gasteiger partial charge >= 0.3 is 0 Å². The highest BCUT2D eigenvalue weighted by Gasteiger charge is 2.33. The van der Waals surface area contributed by atoms with Gasteiger partial charge in [-0.15, -0.1) is 0 Å². The molecule has 4 unspecified atom stereocenters. The average molecular weight is 292 g/mol. The van der Waals surface area contributed by atoms with Gasteiger partial charge in [-0.05, 0) is 38.3 Å². The van der Waals surface area contributed by atoms with Gasteiger partial charge in [0, 0.05) is 17.6 Å². The first-order valence-corrected chi connectivity index (χ1v) is 8.28. The van der Waals surface area contributed by atoms with Crippen molar-refractivity contribution in [2.24, 2.45) is 11.7 Å². The average Bonchev–Trinajstić information content (AvgIpc) is 2.49. The monoisotopic (exact) mass is 292 g/mol. The molecule has 0 bridgehead atoms. The molecule has 2 nitrogen and oxygen atoms in total. The Hall–Kier alpha value is -0.930. The molecule has 1 saturated carbocycles. The smallest absolute Gasteiger partial charge is 0.128 e. The maximum Gasteiger partial charge on any atom is 0.128 e. The Morgan fingerprint density at radius 1 is 1.29 bits per heavy atom. The van der Waals surface area contributed by atoms with Gasteiger partial charge in [-0.2, -0.15) is 0 Å². The standard InChI is InChI=1S/C18H29FN2/c1-4-16(20)18(14-10-6-7-11-15(14)19)21(3)17-12-8-5-9-13(17)2/h6-7,10-11,13,16-18H,4-5,8-9,12,20H2,1-3H3. The Balaban J connectivity index is 2.29. The normalized spacial score (nSPS) is 25.8. The highest BCUT2D eigenvalue weighted by atomic mass is 19.1. The Morgan fingerprint density at radius 2 is 1.95 bits per heavy atom. The van der Waals surface area contributed by atoms with Gasteiger partial charge < -0.3 is 5.73 Å². The molecular formula is C18H29FN2. The molecule has 1 aromatic rings. The Bertz CT molecular complexity index is 449. The number of hydrogen-bond acceptors (Lipinski definition) is 2. The van der Waals surface area contributed by atoms with Gasteiger partial charge in [0.05, 0.1) is 6.04 Å². The largest absolute Gasteiger partial charge is 0.326 e. The third-order valence-corrected chi connectivity index (χ3v) is 5.13. The predicted molar refractivity (Wildman–Crippen MR) is 86.6 cm³/mol. The number of nitrogens with zero attached hydrogens (tertiary/aromatic N) is 1. The quantitative estimate of drug-likeness (QED) is 0.884. The zero-order valence-corrected chi connectivity index (χ0v) is 13.6. The lowest BCUT2D eigenvalue weighted by Crippen LogP contribution is -2.47. The molecule has 2 N–H and O–H groups in total. The topological polar surface area (TPSA) is 29.3 Å². The fourth-order valence-corrected chi connectivity index (χ4v) is 3.80. The second kappa shape index (κ2) is 7.37. The molecule has 1 fully saturated rings. The van der Waals surface area contributed by atoms with Crippen molar-refractivity contribution < 1.29 is 4.39 Å². The summed E-state index contributed by atoms with van der Waals surface area (Å²) in [6, 6.07) is 7.51. The van der Waals surface area contributed by atoms with E-state index in [1.165, 1.54) is 25.7 Å². The van der Waals surface area contributed by atoms with Crippen molar-refractivity contribution in [3.05, 3.63) is 35.6 Å². The van der Waals surface area contributed by atoms with Gasteiger partial charge in [-0.1, -0.05) is 44.9 Å². The lowest BCUT2D eigenvalue weighted by atomic mass is 9.83. The molecule has 118 valence electrons. The Morgan fingerprint density at radius 3 is 2.57 bits per heavy atom. The van der Waals surface area contributed by atoms with Crippen LogP contribution in [0.5, 0.6) is 0 Å². The Kier molecular flexibility index (Phi) is 5.77. The summed E-state index contributed by atoms with van der Waals surface area (Å²) in [5.74, 6) is 0.517. The first-order chi connectivity index (χ1) is 10.1. The SMILES string of the molecule is CCC(N)C(c1ccccc1F)N(C)C1CCCCC1C. The molecule has 0 heterocycles. The molecule has 21 heavy (non-hydrogen) atoms. The molecular weight excluding hydrogens is 263 g/mol. The third-order valence-electron chi connectivity index (χ3n) is 5.13. The molecule has 0 spiro atoms. The predicted octanol–water partition coefficient (Wildman–Crippen LogP) is 4.11. The van der Waals surface area contributed by atoms with Gasteiger partial charge in [-0.3, -0.25) is 4.90 Å². The van der Waals surface area contributed by atoms with Crippen LogP contribution in [0, 0.1) is 11.7 Å². The highest BCUT2D eigenvalue weighted by Crippen LogP contribution is 2.35. The van der Waals surface area contributed by atoms with Gasteiger partial charge in [0.1, 0.15) is 5.82 Å². The molecule has 0 aromatic heterocycles. The molecule has 0 amide bonds. The first kappa shape index (κ1) is 16.4. The number of benzene rings is 1. The van der Waals surface area contributed by atoms with E-state index in [0.29, 0.717) is 12.0 Å². The number of likely N-dealkylation sites (N-methyl/N-ethyl adjacent to an activating group) is 1. The van der Waals surface area contributed by atoms with Crippen LogP contribution >= 0.6 is 0 Å². The molecule has 0 aliphatic heterocycles. The van der Waals surface area contributed by atoms with E-state index in [9.17, 15) is 4.39 Å². The summed E-state index contributed by atoms with van der Waals surface area (Å²) in [6.45, 7) is 4.40. The molecule has 1 aliphatic rings. The van der Waals surface area contributed by atoms with E-state index in [0.717, 1.165) is 12.0 Å². The van der Waals surface area contributed by atoms with Gasteiger partial charge in [0.2, 0.25) is 0 Å². The van der Waals surface area contributed by atoms with Crippen molar-refractivity contribution in [2.45, 2.75) is 64.1 Å². The van der Waals surface area contributed by atoms with E-state index < -0.39 is 0 Å². The minimum Gasteiger partial charge on any atom is -0.326 e. The van der Waals surface area contributed by atoms with E-state index >= 15 is 0 Å². The molecule has 3 heteroatoms. The van der Waals surface area contributed by atoms with Crippen molar-refractivity contribution in [3.63, 3.8) is 0 Å². The van der Waals surface area contributed by atoms with Crippen LogP contribution in [0.4, 0.5) is 4.39 Å². The van der Waals surface area contributed by atoms with E-state index in [1.54, 1.807) is 12.1 Å². The van der Waals surface area contributed by atoms with Crippen molar-refractivity contribution in [2.75, 3.05) is 7.05 Å². The van der Waals surface area contributed by atoms with Crippen molar-refractivity contribution in [1.29, 1.82) is 0 Å². The zero-order chi connectivity index (χ0) is 15.4. The summed E-state index contributed by atoms with van der Waals surface area (Å²) in [4.78, 5) is 2.34.